The van der Waals surface area contributed by atoms with Gasteiger partial charge in [0.15, 0.2) is 17.3 Å². The van der Waals surface area contributed by atoms with E-state index in [-0.39, 0.29) is 12.1 Å². The Morgan fingerprint density at radius 2 is 1.60 bits per heavy atom. The van der Waals surface area contributed by atoms with Gasteiger partial charge in [-0.2, -0.15) is 13.2 Å². The zero-order valence-corrected chi connectivity index (χ0v) is 18.3. The minimum Gasteiger partial charge on any atom is -0.355 e. The van der Waals surface area contributed by atoms with Gasteiger partial charge in [0.1, 0.15) is 29.6 Å². The molecule has 1 saturated heterocycles. The molecular formula is C22H21F6N7. The van der Waals surface area contributed by atoms with E-state index in [0.29, 0.717) is 56.1 Å². The van der Waals surface area contributed by atoms with Gasteiger partial charge in [0.05, 0.1) is 6.54 Å². The molecule has 186 valence electrons. The monoisotopic (exact) mass is 497 g/mol. The Morgan fingerprint density at radius 1 is 0.886 bits per heavy atom. The first-order valence-corrected chi connectivity index (χ1v) is 11.0. The summed E-state index contributed by atoms with van der Waals surface area (Å²) in [5.74, 6) is -2.33. The number of rotatable bonds is 3. The number of piperidine rings is 1. The molecule has 0 amide bonds. The van der Waals surface area contributed by atoms with E-state index >= 15 is 0 Å². The van der Waals surface area contributed by atoms with E-state index < -0.39 is 41.3 Å². The molecule has 7 nitrogen and oxygen atoms in total. The van der Waals surface area contributed by atoms with E-state index in [9.17, 15) is 26.3 Å². The summed E-state index contributed by atoms with van der Waals surface area (Å²) in [5.41, 5.74) is 5.40. The van der Waals surface area contributed by atoms with Crippen LogP contribution in [0.15, 0.2) is 30.7 Å². The van der Waals surface area contributed by atoms with Crippen molar-refractivity contribution in [2.45, 2.75) is 37.6 Å². The lowest BCUT2D eigenvalue weighted by molar-refractivity contribution is -0.141. The predicted octanol–water partition coefficient (Wildman–Crippen LogP) is 3.45. The SMILES string of the molecule is N[C@H]1CN(c2cc(N3CCn4cc(C(F)(F)F)nc4C3)ncn2)CC[C@@H]1c1cc(F)c(F)cc1F. The lowest BCUT2D eigenvalue weighted by atomic mass is 9.85. The Morgan fingerprint density at radius 3 is 2.31 bits per heavy atom. The number of nitrogens with zero attached hydrogens (tertiary/aromatic N) is 6. The molecule has 0 bridgehead atoms. The van der Waals surface area contributed by atoms with Gasteiger partial charge in [-0.05, 0) is 18.1 Å². The lowest BCUT2D eigenvalue weighted by Gasteiger charge is -2.38. The minimum absolute atomic E-state index is 0.0430. The largest absolute Gasteiger partial charge is 0.434 e. The van der Waals surface area contributed by atoms with Crippen LogP contribution in [0.4, 0.5) is 38.0 Å². The molecule has 0 unspecified atom stereocenters. The smallest absolute Gasteiger partial charge is 0.355 e. The highest BCUT2D eigenvalue weighted by atomic mass is 19.4. The van der Waals surface area contributed by atoms with Crippen LogP contribution >= 0.6 is 0 Å². The summed E-state index contributed by atoms with van der Waals surface area (Å²) in [5, 5.41) is 0. The fraction of sp³-hybridized carbons (Fsp3) is 0.409. The normalized spacial score (nSPS) is 20.8. The molecule has 2 N–H and O–H groups in total. The van der Waals surface area contributed by atoms with Crippen molar-refractivity contribution in [3.63, 3.8) is 0 Å². The number of aromatic nitrogens is 4. The number of fused-ring (bicyclic) bond motifs is 1. The van der Waals surface area contributed by atoms with Gasteiger partial charge in [0.2, 0.25) is 0 Å². The topological polar surface area (TPSA) is 76.1 Å². The highest BCUT2D eigenvalue weighted by Gasteiger charge is 2.36. The summed E-state index contributed by atoms with van der Waals surface area (Å²) in [6, 6.07) is 2.54. The van der Waals surface area contributed by atoms with E-state index in [1.807, 2.05) is 9.80 Å². The molecular weight excluding hydrogens is 476 g/mol. The standard InChI is InChI=1S/C22H21F6N7/c23-14-6-16(25)15(24)5-13(14)12-1-2-33(8-17(12)29)19-7-20(31-11-30-19)35-4-3-34-9-18(22(26,27)28)32-21(34)10-35/h5-7,9,11-12,17H,1-4,8,10,29H2/t12-,17+/m1/s1. The molecule has 2 aliphatic heterocycles. The molecule has 3 aromatic rings. The van der Waals surface area contributed by atoms with E-state index in [2.05, 4.69) is 15.0 Å². The van der Waals surface area contributed by atoms with E-state index in [1.54, 1.807) is 6.07 Å². The average Bonchev–Trinajstić information content (AvgIpc) is 3.26. The van der Waals surface area contributed by atoms with Gasteiger partial charge < -0.3 is 20.1 Å². The first-order chi connectivity index (χ1) is 16.6. The van der Waals surface area contributed by atoms with E-state index in [4.69, 9.17) is 5.73 Å². The summed E-state index contributed by atoms with van der Waals surface area (Å²) in [6.07, 6.45) is -1.74. The van der Waals surface area contributed by atoms with Crippen LogP contribution in [-0.4, -0.2) is 45.2 Å². The number of alkyl halides is 3. The fourth-order valence-electron chi connectivity index (χ4n) is 4.67. The van der Waals surface area contributed by atoms with Crippen LogP contribution in [0.5, 0.6) is 0 Å². The Bertz CT molecular complexity index is 1240. The fourth-order valence-corrected chi connectivity index (χ4v) is 4.67. The molecule has 0 aliphatic carbocycles. The quantitative estimate of drug-likeness (QED) is 0.442. The van der Waals surface area contributed by atoms with E-state index in [1.165, 1.54) is 10.9 Å². The molecule has 4 heterocycles. The maximum atomic E-state index is 14.3. The third kappa shape index (κ3) is 4.51. The van der Waals surface area contributed by atoms with Gasteiger partial charge in [0.25, 0.3) is 0 Å². The molecule has 1 aromatic carbocycles. The van der Waals surface area contributed by atoms with Gasteiger partial charge >= 0.3 is 6.18 Å². The summed E-state index contributed by atoms with van der Waals surface area (Å²) < 4.78 is 81.7. The molecule has 13 heteroatoms. The maximum Gasteiger partial charge on any atom is 0.434 e. The third-order valence-electron chi connectivity index (χ3n) is 6.48. The second-order valence-electron chi connectivity index (χ2n) is 8.68. The van der Waals surface area contributed by atoms with Gasteiger partial charge in [-0.25, -0.2) is 28.1 Å². The highest BCUT2D eigenvalue weighted by molar-refractivity contribution is 5.51. The van der Waals surface area contributed by atoms with E-state index in [0.717, 1.165) is 12.3 Å². The van der Waals surface area contributed by atoms with Crippen LogP contribution < -0.4 is 15.5 Å². The number of hydrogen-bond donors (Lipinski definition) is 1. The van der Waals surface area contributed by atoms with Crippen molar-refractivity contribution in [1.82, 2.24) is 19.5 Å². The predicted molar refractivity (Wildman–Crippen MR) is 114 cm³/mol. The summed E-state index contributed by atoms with van der Waals surface area (Å²) in [6.45, 7) is 1.65. The van der Waals surface area contributed by atoms with Gasteiger partial charge in [-0.1, -0.05) is 0 Å². The summed E-state index contributed by atoms with van der Waals surface area (Å²) in [4.78, 5) is 16.0. The molecule has 1 fully saturated rings. The molecule has 35 heavy (non-hydrogen) atoms. The van der Waals surface area contributed by atoms with Crippen LogP contribution in [0.3, 0.4) is 0 Å². The molecule has 0 saturated carbocycles. The van der Waals surface area contributed by atoms with Crippen molar-refractivity contribution in [3.8, 4) is 0 Å². The van der Waals surface area contributed by atoms with Crippen molar-refractivity contribution < 1.29 is 26.3 Å². The number of imidazole rings is 1. The minimum atomic E-state index is -4.51. The number of nitrogens with two attached hydrogens (primary N) is 1. The Kier molecular flexibility index (Phi) is 5.82. The molecule has 2 aliphatic rings. The number of anilines is 2. The Labute approximate surface area is 196 Å². The number of halogens is 6. The number of hydrogen-bond acceptors (Lipinski definition) is 6. The van der Waals surface area contributed by atoms with Crippen molar-refractivity contribution in [3.05, 3.63) is 65.3 Å². The average molecular weight is 497 g/mol. The third-order valence-corrected chi connectivity index (χ3v) is 6.48. The molecule has 5 rings (SSSR count). The summed E-state index contributed by atoms with van der Waals surface area (Å²) in [7, 11) is 0. The van der Waals surface area contributed by atoms with Crippen molar-refractivity contribution >= 4 is 11.6 Å². The van der Waals surface area contributed by atoms with Crippen LogP contribution in [-0.2, 0) is 19.3 Å². The molecule has 2 atom stereocenters. The van der Waals surface area contributed by atoms with Crippen LogP contribution in [0, 0.1) is 17.5 Å². The van der Waals surface area contributed by atoms with Gasteiger partial charge in [-0.15, -0.1) is 0 Å². The first kappa shape index (κ1) is 23.4. The lowest BCUT2D eigenvalue weighted by Crippen LogP contribution is -2.48. The second-order valence-corrected chi connectivity index (χ2v) is 8.68. The van der Waals surface area contributed by atoms with Crippen LogP contribution in [0.1, 0.15) is 29.4 Å². The molecule has 0 spiro atoms. The Balaban J connectivity index is 1.30. The Hall–Kier alpha value is -3.35. The first-order valence-electron chi connectivity index (χ1n) is 11.0. The zero-order chi connectivity index (χ0) is 24.9. The van der Waals surface area contributed by atoms with Crippen molar-refractivity contribution in [1.29, 1.82) is 0 Å². The number of benzene rings is 1. The summed E-state index contributed by atoms with van der Waals surface area (Å²) >= 11 is 0. The zero-order valence-electron chi connectivity index (χ0n) is 18.3. The van der Waals surface area contributed by atoms with Gasteiger partial charge in [-0.3, -0.25) is 0 Å². The van der Waals surface area contributed by atoms with Crippen molar-refractivity contribution in [2.75, 3.05) is 29.4 Å². The van der Waals surface area contributed by atoms with Crippen LogP contribution in [0.25, 0.3) is 0 Å². The molecule has 0 radical (unpaired) electrons. The van der Waals surface area contributed by atoms with Gasteiger partial charge in [0, 0.05) is 56.5 Å². The molecule has 2 aromatic heterocycles. The second kappa shape index (κ2) is 8.70. The highest BCUT2D eigenvalue weighted by Crippen LogP contribution is 2.33. The van der Waals surface area contributed by atoms with Crippen molar-refractivity contribution in [2.24, 2.45) is 5.73 Å². The van der Waals surface area contributed by atoms with Crippen LogP contribution in [0.2, 0.25) is 0 Å². The maximum absolute atomic E-state index is 14.3.